The number of esters is 3. The van der Waals surface area contributed by atoms with Gasteiger partial charge in [-0.15, -0.1) is 0 Å². The summed E-state index contributed by atoms with van der Waals surface area (Å²) in [6.07, 6.45) is 57.8. The van der Waals surface area contributed by atoms with Gasteiger partial charge in [-0.3, -0.25) is 14.4 Å². The van der Waals surface area contributed by atoms with Gasteiger partial charge in [-0.2, -0.15) is 0 Å². The van der Waals surface area contributed by atoms with Gasteiger partial charge in [-0.05, 0) is 109 Å². The van der Waals surface area contributed by atoms with Crippen molar-refractivity contribution in [3.05, 3.63) is 122 Å². The van der Waals surface area contributed by atoms with E-state index in [1.54, 1.807) is 0 Å². The minimum absolute atomic E-state index is 0.138. The Morgan fingerprint density at radius 3 is 1.02 bits per heavy atom. The molecule has 0 heterocycles. The Kier molecular flexibility index (Phi) is 39.3. The van der Waals surface area contributed by atoms with Gasteiger partial charge in [0.1, 0.15) is 13.2 Å². The number of carbonyl (C=O) groups excluding carboxylic acids is 3. The maximum atomic E-state index is 12.6. The van der Waals surface area contributed by atoms with Gasteiger partial charge < -0.3 is 14.2 Å². The van der Waals surface area contributed by atoms with E-state index in [0.717, 1.165) is 89.9 Å². The summed E-state index contributed by atoms with van der Waals surface area (Å²) in [5, 5.41) is 0. The standard InChI is InChI=1S/C49H74O6/c1-4-7-10-13-16-19-21-22-23-24-25-26-28-30-33-36-39-42-48(51)54-45-46(44-53-47(50)41-38-35-32-29-18-15-12-9-6-3)55-49(52)43-40-37-34-31-27-20-17-14-11-8-5-2/h7-12,16-20,22-23,25-26,29-31,33-34,46H,4-6,13-15,21,24,27-28,32,35-45H2,1-3H3/b10-7-,11-8-,12-9-,19-16-,20-17-,23-22-,26-25-,29-18-,33-30-,34-31-. The van der Waals surface area contributed by atoms with E-state index in [0.29, 0.717) is 19.3 Å². The molecule has 6 nitrogen and oxygen atoms in total. The summed E-state index contributed by atoms with van der Waals surface area (Å²) in [5.41, 5.74) is 0. The fourth-order valence-corrected chi connectivity index (χ4v) is 4.89. The average molecular weight is 759 g/mol. The van der Waals surface area contributed by atoms with Crippen molar-refractivity contribution < 1.29 is 28.6 Å². The third-order valence-corrected chi connectivity index (χ3v) is 7.94. The highest BCUT2D eigenvalue weighted by atomic mass is 16.6. The molecule has 0 aliphatic carbocycles. The van der Waals surface area contributed by atoms with E-state index in [1.807, 2.05) is 0 Å². The maximum Gasteiger partial charge on any atom is 0.306 e. The van der Waals surface area contributed by atoms with Crippen LogP contribution in [0.3, 0.4) is 0 Å². The molecule has 6 heteroatoms. The van der Waals surface area contributed by atoms with Crippen molar-refractivity contribution in [2.24, 2.45) is 0 Å². The molecular weight excluding hydrogens is 685 g/mol. The number of hydrogen-bond acceptors (Lipinski definition) is 6. The molecule has 0 N–H and O–H groups in total. The number of allylic oxidation sites excluding steroid dienone is 20. The van der Waals surface area contributed by atoms with Crippen molar-refractivity contribution in [1.82, 2.24) is 0 Å². The van der Waals surface area contributed by atoms with Crippen LogP contribution in [0.15, 0.2) is 122 Å². The van der Waals surface area contributed by atoms with E-state index in [2.05, 4.69) is 142 Å². The van der Waals surface area contributed by atoms with Gasteiger partial charge in [-0.1, -0.05) is 142 Å². The maximum absolute atomic E-state index is 12.6. The Hall–Kier alpha value is -4.19. The zero-order chi connectivity index (χ0) is 40.1. The second-order valence-electron chi connectivity index (χ2n) is 13.1. The van der Waals surface area contributed by atoms with Gasteiger partial charge in [-0.25, -0.2) is 0 Å². The van der Waals surface area contributed by atoms with Crippen LogP contribution in [0.5, 0.6) is 0 Å². The molecule has 1 atom stereocenters. The summed E-state index contributed by atoms with van der Waals surface area (Å²) in [6.45, 7) is 6.10. The SMILES string of the molecule is CC/C=C\C/C=C\C/C=C\C/C=C\C/C=C\CCCC(=O)OCC(COC(=O)CCCC/C=C\C/C=C\CC)OC(=O)CCC/C=C\C/C=C\C/C=C\CC. The Labute approximate surface area is 335 Å². The molecule has 306 valence electrons. The molecule has 0 bridgehead atoms. The van der Waals surface area contributed by atoms with E-state index in [4.69, 9.17) is 14.2 Å². The van der Waals surface area contributed by atoms with Gasteiger partial charge in [0.15, 0.2) is 6.10 Å². The summed E-state index contributed by atoms with van der Waals surface area (Å²) in [5.74, 6) is -1.11. The highest BCUT2D eigenvalue weighted by molar-refractivity contribution is 5.71. The van der Waals surface area contributed by atoms with E-state index in [1.165, 1.54) is 0 Å². The molecule has 0 saturated carbocycles. The predicted molar refractivity (Wildman–Crippen MR) is 233 cm³/mol. The first-order valence-corrected chi connectivity index (χ1v) is 21.0. The van der Waals surface area contributed by atoms with Gasteiger partial charge in [0, 0.05) is 19.3 Å². The molecule has 0 saturated heterocycles. The Morgan fingerprint density at radius 2 is 0.655 bits per heavy atom. The molecule has 55 heavy (non-hydrogen) atoms. The molecule has 0 aliphatic heterocycles. The average Bonchev–Trinajstić information content (AvgIpc) is 3.18. The van der Waals surface area contributed by atoms with Crippen molar-refractivity contribution in [2.45, 2.75) is 155 Å². The third-order valence-electron chi connectivity index (χ3n) is 7.94. The smallest absolute Gasteiger partial charge is 0.306 e. The molecule has 0 amide bonds. The number of carbonyl (C=O) groups is 3. The fourth-order valence-electron chi connectivity index (χ4n) is 4.89. The minimum Gasteiger partial charge on any atom is -0.462 e. The Balaban J connectivity index is 4.57. The normalized spacial score (nSPS) is 13.3. The lowest BCUT2D eigenvalue weighted by atomic mass is 10.2. The zero-order valence-corrected chi connectivity index (χ0v) is 34.6. The molecule has 0 fully saturated rings. The molecule has 0 aromatic carbocycles. The quantitative estimate of drug-likeness (QED) is 0.0277. The van der Waals surface area contributed by atoms with Crippen molar-refractivity contribution in [3.63, 3.8) is 0 Å². The third kappa shape index (κ3) is 40.8. The van der Waals surface area contributed by atoms with Gasteiger partial charge in [0.2, 0.25) is 0 Å². The van der Waals surface area contributed by atoms with Crippen LogP contribution in [0.2, 0.25) is 0 Å². The van der Waals surface area contributed by atoms with Crippen LogP contribution in [-0.2, 0) is 28.6 Å². The number of rotatable bonds is 35. The van der Waals surface area contributed by atoms with Crippen LogP contribution in [0, 0.1) is 0 Å². The van der Waals surface area contributed by atoms with E-state index in [-0.39, 0.29) is 44.4 Å². The second kappa shape index (κ2) is 42.6. The molecule has 0 spiro atoms. The summed E-state index contributed by atoms with van der Waals surface area (Å²) in [6, 6.07) is 0. The van der Waals surface area contributed by atoms with Crippen molar-refractivity contribution in [1.29, 1.82) is 0 Å². The lowest BCUT2D eigenvalue weighted by Gasteiger charge is -2.18. The highest BCUT2D eigenvalue weighted by Crippen LogP contribution is 2.08. The largest absolute Gasteiger partial charge is 0.462 e. The predicted octanol–water partition coefficient (Wildman–Crippen LogP) is 13.4. The number of unbranched alkanes of at least 4 members (excludes halogenated alkanes) is 4. The zero-order valence-electron chi connectivity index (χ0n) is 34.6. The van der Waals surface area contributed by atoms with Crippen LogP contribution >= 0.6 is 0 Å². The van der Waals surface area contributed by atoms with Gasteiger partial charge in [0.05, 0.1) is 0 Å². The minimum atomic E-state index is -0.840. The fraction of sp³-hybridized carbons (Fsp3) is 0.531. The van der Waals surface area contributed by atoms with Crippen molar-refractivity contribution >= 4 is 17.9 Å². The van der Waals surface area contributed by atoms with Crippen LogP contribution < -0.4 is 0 Å². The summed E-state index contributed by atoms with van der Waals surface area (Å²) < 4.78 is 16.5. The molecule has 0 rings (SSSR count). The first-order valence-electron chi connectivity index (χ1n) is 21.0. The molecule has 0 aromatic heterocycles. The molecule has 0 radical (unpaired) electrons. The first kappa shape index (κ1) is 50.8. The topological polar surface area (TPSA) is 78.9 Å². The lowest BCUT2D eigenvalue weighted by Crippen LogP contribution is -2.30. The lowest BCUT2D eigenvalue weighted by molar-refractivity contribution is -0.167. The van der Waals surface area contributed by atoms with Crippen LogP contribution in [0.1, 0.15) is 149 Å². The highest BCUT2D eigenvalue weighted by Gasteiger charge is 2.19. The molecule has 0 aliphatic rings. The summed E-state index contributed by atoms with van der Waals surface area (Å²) >= 11 is 0. The van der Waals surface area contributed by atoms with Crippen molar-refractivity contribution in [3.8, 4) is 0 Å². The van der Waals surface area contributed by atoms with Crippen molar-refractivity contribution in [2.75, 3.05) is 13.2 Å². The number of ether oxygens (including phenoxy) is 3. The Morgan fingerprint density at radius 1 is 0.364 bits per heavy atom. The first-order chi connectivity index (χ1) is 27.0. The Bertz CT molecular complexity index is 1240. The second-order valence-corrected chi connectivity index (χ2v) is 13.1. The summed E-state index contributed by atoms with van der Waals surface area (Å²) in [4.78, 5) is 37.5. The van der Waals surface area contributed by atoms with Gasteiger partial charge in [0.25, 0.3) is 0 Å². The molecule has 1 unspecified atom stereocenters. The van der Waals surface area contributed by atoms with Crippen LogP contribution in [0.4, 0.5) is 0 Å². The van der Waals surface area contributed by atoms with E-state index >= 15 is 0 Å². The number of hydrogen-bond donors (Lipinski definition) is 0. The molecular formula is C49H74O6. The van der Waals surface area contributed by atoms with E-state index in [9.17, 15) is 14.4 Å². The molecule has 0 aromatic rings. The van der Waals surface area contributed by atoms with Gasteiger partial charge >= 0.3 is 17.9 Å². The van der Waals surface area contributed by atoms with E-state index < -0.39 is 12.1 Å². The summed E-state index contributed by atoms with van der Waals surface area (Å²) in [7, 11) is 0. The monoisotopic (exact) mass is 759 g/mol. The van der Waals surface area contributed by atoms with Crippen LogP contribution in [-0.4, -0.2) is 37.2 Å². The van der Waals surface area contributed by atoms with Crippen LogP contribution in [0.25, 0.3) is 0 Å².